The van der Waals surface area contributed by atoms with Crippen LogP contribution < -0.4 is 9.47 Å². The van der Waals surface area contributed by atoms with Gasteiger partial charge in [0, 0.05) is 0 Å². The van der Waals surface area contributed by atoms with E-state index >= 15 is 0 Å². The van der Waals surface area contributed by atoms with Crippen LogP contribution in [0.15, 0.2) is 48.5 Å². The van der Waals surface area contributed by atoms with Crippen LogP contribution in [-0.2, 0) is 0 Å². The Morgan fingerprint density at radius 1 is 0.789 bits per heavy atom. The number of nitrogens with zero attached hydrogens (tertiary/aromatic N) is 2. The van der Waals surface area contributed by atoms with Gasteiger partial charge in [0.1, 0.15) is 11.5 Å². The Bertz CT molecular complexity index is 548. The van der Waals surface area contributed by atoms with Gasteiger partial charge in [-0.3, -0.25) is 0 Å². The Labute approximate surface area is 111 Å². The molecular weight excluding hydrogens is 240 g/mol. The first-order chi connectivity index (χ1) is 9.28. The molecule has 2 rings (SSSR count). The monoisotopic (exact) mass is 254 g/mol. The van der Waals surface area contributed by atoms with Crippen LogP contribution in [-0.4, -0.2) is 24.7 Å². The minimum Gasteiger partial charge on any atom is -0.497 e. The molecule has 0 heterocycles. The van der Waals surface area contributed by atoms with Crippen molar-refractivity contribution in [2.45, 2.75) is 0 Å². The van der Waals surface area contributed by atoms with Crippen LogP contribution in [0, 0.1) is 0 Å². The first kappa shape index (κ1) is 12.9. The van der Waals surface area contributed by atoms with Gasteiger partial charge in [0.2, 0.25) is 0 Å². The largest absolute Gasteiger partial charge is 0.497 e. The highest BCUT2D eigenvalue weighted by molar-refractivity contribution is 6.09. The molecule has 19 heavy (non-hydrogen) atoms. The minimum absolute atomic E-state index is 0.505. The quantitative estimate of drug-likeness (QED) is 0.478. The predicted molar refractivity (Wildman–Crippen MR) is 72.8 cm³/mol. The summed E-state index contributed by atoms with van der Waals surface area (Å²) in [6.07, 6.45) is 0. The zero-order valence-electron chi connectivity index (χ0n) is 10.8. The second-order valence-corrected chi connectivity index (χ2v) is 3.91. The zero-order chi connectivity index (χ0) is 13.7. The molecule has 0 aliphatic heterocycles. The summed E-state index contributed by atoms with van der Waals surface area (Å²) in [5.41, 5.74) is 11.3. The average molecular weight is 254 g/mol. The maximum Gasteiger partial charge on any atom is 0.329 e. The molecule has 0 fully saturated rings. The predicted octanol–water partition coefficient (Wildman–Crippen LogP) is 2.77. The molecule has 0 bridgehead atoms. The molecule has 0 atom stereocenters. The van der Waals surface area contributed by atoms with Crippen LogP contribution in [0.4, 0.5) is 0 Å². The lowest BCUT2D eigenvalue weighted by molar-refractivity contribution is -0.00279. The highest BCUT2D eigenvalue weighted by Crippen LogP contribution is 2.17. The third-order valence-electron chi connectivity index (χ3n) is 2.83. The van der Waals surface area contributed by atoms with Crippen molar-refractivity contribution < 1.29 is 14.3 Å². The molecule has 0 spiro atoms. The van der Waals surface area contributed by atoms with E-state index in [0.29, 0.717) is 5.71 Å². The molecule has 0 saturated carbocycles. The number of benzene rings is 2. The van der Waals surface area contributed by atoms with E-state index in [1.165, 1.54) is 0 Å². The maximum absolute atomic E-state index is 9.21. The highest BCUT2D eigenvalue weighted by atomic mass is 16.5. The number of methoxy groups -OCH3 is 2. The van der Waals surface area contributed by atoms with Gasteiger partial charge < -0.3 is 15.0 Å². The topological polar surface area (TPSA) is 54.9 Å². The molecule has 96 valence electrons. The second kappa shape index (κ2) is 5.85. The van der Waals surface area contributed by atoms with Crippen LogP contribution >= 0.6 is 0 Å². The number of ether oxygens (including phenoxy) is 2. The van der Waals surface area contributed by atoms with E-state index in [1.54, 1.807) is 14.2 Å². The molecule has 4 heteroatoms. The fourth-order valence-electron chi connectivity index (χ4n) is 1.78. The van der Waals surface area contributed by atoms with Crippen molar-refractivity contribution in [1.29, 1.82) is 0 Å². The fourth-order valence-corrected chi connectivity index (χ4v) is 1.78. The summed E-state index contributed by atoms with van der Waals surface area (Å²) in [6, 6.07) is 14.7. The molecule has 0 radical (unpaired) electrons. The normalized spacial score (nSPS) is 9.58. The Morgan fingerprint density at radius 3 is 1.42 bits per heavy atom. The van der Waals surface area contributed by atoms with E-state index in [-0.39, 0.29) is 0 Å². The lowest BCUT2D eigenvalue weighted by Gasteiger charge is -2.02. The lowest BCUT2D eigenvalue weighted by atomic mass is 10.0. The van der Waals surface area contributed by atoms with Gasteiger partial charge in [0.15, 0.2) is 0 Å². The third-order valence-corrected chi connectivity index (χ3v) is 2.83. The summed E-state index contributed by atoms with van der Waals surface area (Å²) >= 11 is 0. The molecule has 0 aromatic heterocycles. The van der Waals surface area contributed by atoms with Gasteiger partial charge in [-0.2, -0.15) is 4.79 Å². The van der Waals surface area contributed by atoms with Crippen molar-refractivity contribution in [2.24, 2.45) is 0 Å². The Kier molecular flexibility index (Phi) is 3.96. The Balaban J connectivity index is 2.35. The molecule has 0 aliphatic carbocycles. The summed E-state index contributed by atoms with van der Waals surface area (Å²) in [4.78, 5) is 3.37. The molecular formula is C15H14N2O2. The highest BCUT2D eigenvalue weighted by Gasteiger charge is 2.15. The zero-order valence-corrected chi connectivity index (χ0v) is 10.8. The standard InChI is InChI=1S/C15H14N2O2/c1-18-13-7-3-11(4-8-13)15(17-16)12-5-9-14(19-2)10-6-12/h3-10H,1-2H3. The number of rotatable bonds is 4. The first-order valence-corrected chi connectivity index (χ1v) is 5.79. The van der Waals surface area contributed by atoms with Gasteiger partial charge >= 0.3 is 5.71 Å². The second-order valence-electron chi connectivity index (χ2n) is 3.91. The fraction of sp³-hybridized carbons (Fsp3) is 0.133. The van der Waals surface area contributed by atoms with Crippen molar-refractivity contribution in [1.82, 2.24) is 0 Å². The van der Waals surface area contributed by atoms with E-state index < -0.39 is 0 Å². The average Bonchev–Trinajstić information content (AvgIpc) is 2.49. The first-order valence-electron chi connectivity index (χ1n) is 5.79. The Hall–Kier alpha value is -2.58. The van der Waals surface area contributed by atoms with Crippen molar-refractivity contribution >= 4 is 5.71 Å². The molecule has 0 aliphatic rings. The van der Waals surface area contributed by atoms with Gasteiger partial charge in [0.05, 0.1) is 25.3 Å². The lowest BCUT2D eigenvalue weighted by Crippen LogP contribution is -2.04. The molecule has 2 aromatic carbocycles. The molecule has 0 saturated heterocycles. The molecule has 0 unspecified atom stereocenters. The minimum atomic E-state index is 0.505. The maximum atomic E-state index is 9.21. The number of hydrogen-bond donors (Lipinski definition) is 0. The van der Waals surface area contributed by atoms with Gasteiger partial charge in [-0.1, -0.05) is 0 Å². The summed E-state index contributed by atoms with van der Waals surface area (Å²) in [6.45, 7) is 0. The third kappa shape index (κ3) is 2.81. The molecule has 4 nitrogen and oxygen atoms in total. The van der Waals surface area contributed by atoms with Crippen molar-refractivity contribution in [3.8, 4) is 11.5 Å². The molecule has 0 N–H and O–H groups in total. The van der Waals surface area contributed by atoms with Gasteiger partial charge in [-0.25, -0.2) is 0 Å². The van der Waals surface area contributed by atoms with Crippen LogP contribution in [0.2, 0.25) is 0 Å². The van der Waals surface area contributed by atoms with Gasteiger partial charge in [0.25, 0.3) is 0 Å². The van der Waals surface area contributed by atoms with Crippen LogP contribution in [0.25, 0.3) is 5.53 Å². The van der Waals surface area contributed by atoms with Gasteiger partial charge in [-0.05, 0) is 48.5 Å². The van der Waals surface area contributed by atoms with Crippen LogP contribution in [0.3, 0.4) is 0 Å². The van der Waals surface area contributed by atoms with Crippen molar-refractivity contribution in [2.75, 3.05) is 14.2 Å². The molecule has 0 amide bonds. The van der Waals surface area contributed by atoms with Gasteiger partial charge in [-0.15, -0.1) is 0 Å². The summed E-state index contributed by atoms with van der Waals surface area (Å²) < 4.78 is 10.2. The summed E-state index contributed by atoms with van der Waals surface area (Å²) in [5, 5.41) is 0. The SMILES string of the molecule is COc1ccc(C(=[N+]=[N-])c2ccc(OC)cc2)cc1. The Morgan fingerprint density at radius 2 is 1.16 bits per heavy atom. The van der Waals surface area contributed by atoms with Crippen molar-refractivity contribution in [3.63, 3.8) is 0 Å². The van der Waals surface area contributed by atoms with E-state index in [9.17, 15) is 5.53 Å². The smallest absolute Gasteiger partial charge is 0.329 e. The summed E-state index contributed by atoms with van der Waals surface area (Å²) in [7, 11) is 3.22. The summed E-state index contributed by atoms with van der Waals surface area (Å²) in [5.74, 6) is 1.52. The van der Waals surface area contributed by atoms with E-state index in [1.807, 2.05) is 48.5 Å². The van der Waals surface area contributed by atoms with E-state index in [0.717, 1.165) is 22.6 Å². The molecule has 2 aromatic rings. The van der Waals surface area contributed by atoms with Crippen LogP contribution in [0.5, 0.6) is 11.5 Å². The van der Waals surface area contributed by atoms with Crippen molar-refractivity contribution in [3.05, 3.63) is 65.2 Å². The number of hydrogen-bond acceptors (Lipinski definition) is 2. The van der Waals surface area contributed by atoms with E-state index in [4.69, 9.17) is 9.47 Å². The van der Waals surface area contributed by atoms with E-state index in [2.05, 4.69) is 4.79 Å². The van der Waals surface area contributed by atoms with Crippen LogP contribution in [0.1, 0.15) is 11.1 Å².